The van der Waals surface area contributed by atoms with Crippen LogP contribution in [0.2, 0.25) is 10.0 Å². The minimum Gasteiger partial charge on any atom is -0.497 e. The van der Waals surface area contributed by atoms with E-state index in [0.29, 0.717) is 16.6 Å². The molecule has 0 bridgehead atoms. The van der Waals surface area contributed by atoms with E-state index in [2.05, 4.69) is 25.2 Å². The van der Waals surface area contributed by atoms with Crippen molar-refractivity contribution < 1.29 is 9.53 Å². The highest BCUT2D eigenvalue weighted by atomic mass is 35.5. The van der Waals surface area contributed by atoms with Gasteiger partial charge in [-0.05, 0) is 48.7 Å². The summed E-state index contributed by atoms with van der Waals surface area (Å²) in [4.78, 5) is 14.9. The van der Waals surface area contributed by atoms with Gasteiger partial charge in [0, 0.05) is 31.8 Å². The Hall–Kier alpha value is -2.01. The van der Waals surface area contributed by atoms with Crippen LogP contribution in [0, 0.1) is 5.92 Å². The average Bonchev–Trinajstić information content (AvgIpc) is 3.21. The molecule has 0 atom stereocenters. The Bertz CT molecular complexity index is 1040. The predicted octanol–water partition coefficient (Wildman–Crippen LogP) is 8.23. The van der Waals surface area contributed by atoms with Gasteiger partial charge in [-0.1, -0.05) is 68.1 Å². The highest BCUT2D eigenvalue weighted by Gasteiger charge is 2.19. The van der Waals surface area contributed by atoms with Gasteiger partial charge in [-0.2, -0.15) is 0 Å². The van der Waals surface area contributed by atoms with Crippen LogP contribution in [0.25, 0.3) is 21.6 Å². The summed E-state index contributed by atoms with van der Waals surface area (Å²) in [5.74, 6) is 1.02. The molecule has 1 N–H and O–H groups in total. The number of amides is 1. The summed E-state index contributed by atoms with van der Waals surface area (Å²) < 4.78 is 5.30. The second kappa shape index (κ2) is 11.7. The van der Waals surface area contributed by atoms with E-state index in [1.54, 1.807) is 24.5 Å². The summed E-state index contributed by atoms with van der Waals surface area (Å²) in [5, 5.41) is 4.36. The lowest BCUT2D eigenvalue weighted by Gasteiger charge is -2.14. The van der Waals surface area contributed by atoms with Crippen molar-refractivity contribution in [3.8, 4) is 27.3 Å². The molecule has 0 aliphatic rings. The van der Waals surface area contributed by atoms with Crippen molar-refractivity contribution in [1.82, 2.24) is 5.32 Å². The lowest BCUT2D eigenvalue weighted by atomic mass is 9.97. The number of methoxy groups -OCH3 is 1. The Morgan fingerprint density at radius 2 is 1.69 bits per heavy atom. The number of hydrogen-bond acceptors (Lipinski definition) is 3. The van der Waals surface area contributed by atoms with Gasteiger partial charge >= 0.3 is 0 Å². The number of thiophene rings is 1. The van der Waals surface area contributed by atoms with E-state index in [0.717, 1.165) is 57.9 Å². The SMILES string of the molecule is CCCC(CCC)C(=O)NCc1cc(-c2ccc(OC)cc2)c(-c2ccc(Cl)cc2Cl)s1. The number of benzene rings is 2. The van der Waals surface area contributed by atoms with Crippen LogP contribution in [-0.4, -0.2) is 13.0 Å². The van der Waals surface area contributed by atoms with Crippen molar-refractivity contribution in [3.63, 3.8) is 0 Å². The molecular weight excluding hydrogens is 461 g/mol. The van der Waals surface area contributed by atoms with E-state index in [-0.39, 0.29) is 11.8 Å². The van der Waals surface area contributed by atoms with Gasteiger partial charge in [-0.3, -0.25) is 4.79 Å². The van der Waals surface area contributed by atoms with Gasteiger partial charge < -0.3 is 10.1 Å². The molecule has 3 nitrogen and oxygen atoms in total. The Kier molecular flexibility index (Phi) is 9.03. The second-order valence-corrected chi connectivity index (χ2v) is 9.78. The van der Waals surface area contributed by atoms with Gasteiger partial charge in [0.05, 0.1) is 18.7 Å². The molecule has 170 valence electrons. The third kappa shape index (κ3) is 6.06. The van der Waals surface area contributed by atoms with Gasteiger partial charge in [0.1, 0.15) is 5.75 Å². The molecule has 0 spiro atoms. The quantitative estimate of drug-likeness (QED) is 0.311. The van der Waals surface area contributed by atoms with E-state index in [9.17, 15) is 4.79 Å². The maximum absolute atomic E-state index is 12.7. The molecular formula is C26H29Cl2NO2S. The van der Waals surface area contributed by atoms with Gasteiger partial charge in [0.15, 0.2) is 0 Å². The highest BCUT2D eigenvalue weighted by Crippen LogP contribution is 2.43. The minimum absolute atomic E-state index is 0.0798. The molecule has 1 heterocycles. The smallest absolute Gasteiger partial charge is 0.223 e. The summed E-state index contributed by atoms with van der Waals surface area (Å²) in [7, 11) is 1.66. The van der Waals surface area contributed by atoms with Gasteiger partial charge in [-0.25, -0.2) is 0 Å². The molecule has 0 saturated carbocycles. The molecule has 3 rings (SSSR count). The number of rotatable bonds is 10. The van der Waals surface area contributed by atoms with Crippen molar-refractivity contribution in [2.45, 2.75) is 46.1 Å². The number of hydrogen-bond donors (Lipinski definition) is 1. The molecule has 2 aromatic carbocycles. The van der Waals surface area contributed by atoms with E-state index in [1.807, 2.05) is 36.4 Å². The molecule has 0 aliphatic carbocycles. The maximum atomic E-state index is 12.7. The summed E-state index contributed by atoms with van der Waals surface area (Å²) >= 11 is 14.3. The highest BCUT2D eigenvalue weighted by molar-refractivity contribution is 7.16. The Labute approximate surface area is 204 Å². The van der Waals surface area contributed by atoms with Crippen molar-refractivity contribution >= 4 is 40.4 Å². The molecule has 3 aromatic rings. The fourth-order valence-corrected chi connectivity index (χ4v) is 5.53. The van der Waals surface area contributed by atoms with Gasteiger partial charge in [0.25, 0.3) is 0 Å². The molecule has 0 unspecified atom stereocenters. The zero-order valence-corrected chi connectivity index (χ0v) is 21.0. The van der Waals surface area contributed by atoms with Crippen LogP contribution in [0.15, 0.2) is 48.5 Å². The lowest BCUT2D eigenvalue weighted by Crippen LogP contribution is -2.30. The van der Waals surface area contributed by atoms with E-state index in [4.69, 9.17) is 27.9 Å². The van der Waals surface area contributed by atoms with Gasteiger partial charge in [-0.15, -0.1) is 11.3 Å². The second-order valence-electron chi connectivity index (χ2n) is 7.80. The molecule has 0 radical (unpaired) electrons. The first-order chi connectivity index (χ1) is 15.5. The fourth-order valence-electron chi connectivity index (χ4n) is 3.81. The molecule has 0 fully saturated rings. The summed E-state index contributed by atoms with van der Waals surface area (Å²) in [6.45, 7) is 4.75. The number of carbonyl (C=O) groups excluding carboxylic acids is 1. The maximum Gasteiger partial charge on any atom is 0.223 e. The normalized spacial score (nSPS) is 11.1. The largest absolute Gasteiger partial charge is 0.497 e. The topological polar surface area (TPSA) is 38.3 Å². The molecule has 1 aromatic heterocycles. The first-order valence-electron chi connectivity index (χ1n) is 11.0. The third-order valence-corrected chi connectivity index (χ3v) is 7.16. The summed E-state index contributed by atoms with van der Waals surface area (Å²) in [6.07, 6.45) is 3.87. The number of ether oxygens (including phenoxy) is 1. The predicted molar refractivity (Wildman–Crippen MR) is 137 cm³/mol. The first kappa shape index (κ1) is 24.6. The third-order valence-electron chi connectivity index (χ3n) is 5.44. The summed E-state index contributed by atoms with van der Waals surface area (Å²) in [6, 6.07) is 15.7. The zero-order valence-electron chi connectivity index (χ0n) is 18.7. The Morgan fingerprint density at radius 3 is 2.28 bits per heavy atom. The number of halogens is 2. The van der Waals surface area contributed by atoms with Crippen LogP contribution in [0.1, 0.15) is 44.4 Å². The van der Waals surface area contributed by atoms with E-state index < -0.39 is 0 Å². The van der Waals surface area contributed by atoms with Crippen LogP contribution in [-0.2, 0) is 11.3 Å². The molecule has 1 amide bonds. The van der Waals surface area contributed by atoms with E-state index in [1.165, 1.54) is 0 Å². The van der Waals surface area contributed by atoms with E-state index >= 15 is 0 Å². The molecule has 32 heavy (non-hydrogen) atoms. The summed E-state index contributed by atoms with van der Waals surface area (Å²) in [5.41, 5.74) is 3.07. The molecule has 0 aliphatic heterocycles. The van der Waals surface area contributed by atoms with Crippen molar-refractivity contribution in [2.75, 3.05) is 7.11 Å². The van der Waals surface area contributed by atoms with Crippen molar-refractivity contribution in [2.24, 2.45) is 5.92 Å². The van der Waals surface area contributed by atoms with Crippen LogP contribution in [0.3, 0.4) is 0 Å². The Balaban J connectivity index is 1.92. The van der Waals surface area contributed by atoms with Crippen LogP contribution >= 0.6 is 34.5 Å². The standard InChI is InChI=1S/C26H29Cl2NO2S/c1-4-6-18(7-5-2)26(30)29-16-21-15-23(17-8-11-20(31-3)12-9-17)25(32-21)22-13-10-19(27)14-24(22)28/h8-15,18H,4-7,16H2,1-3H3,(H,29,30). The van der Waals surface area contributed by atoms with Crippen molar-refractivity contribution in [1.29, 1.82) is 0 Å². The fraction of sp³-hybridized carbons (Fsp3) is 0.346. The van der Waals surface area contributed by atoms with Crippen molar-refractivity contribution in [3.05, 3.63) is 63.5 Å². The first-order valence-corrected chi connectivity index (χ1v) is 12.5. The number of carbonyl (C=O) groups is 1. The number of nitrogens with one attached hydrogen (secondary N) is 1. The molecule has 6 heteroatoms. The minimum atomic E-state index is 0.0798. The Morgan fingerprint density at radius 1 is 1.00 bits per heavy atom. The molecule has 0 saturated heterocycles. The van der Waals surface area contributed by atoms with Crippen LogP contribution in [0.4, 0.5) is 0 Å². The van der Waals surface area contributed by atoms with Gasteiger partial charge in [0.2, 0.25) is 5.91 Å². The zero-order chi connectivity index (χ0) is 23.1. The van der Waals surface area contributed by atoms with Crippen LogP contribution in [0.5, 0.6) is 5.75 Å². The average molecular weight is 490 g/mol. The van der Waals surface area contributed by atoms with Crippen LogP contribution < -0.4 is 10.1 Å². The lowest BCUT2D eigenvalue weighted by molar-refractivity contribution is -0.125. The monoisotopic (exact) mass is 489 g/mol.